The smallest absolute Gasteiger partial charge is 0.329 e. The molecule has 0 bridgehead atoms. The molecule has 1 aromatic carbocycles. The first-order valence-corrected chi connectivity index (χ1v) is 8.22. The summed E-state index contributed by atoms with van der Waals surface area (Å²) in [6, 6.07) is 6.42. The molecule has 2 nitrogen and oxygen atoms in total. The number of benzene rings is 1. The Kier molecular flexibility index (Phi) is 5.39. The molecule has 1 fully saturated rings. The molecule has 20 heavy (non-hydrogen) atoms. The van der Waals surface area contributed by atoms with Crippen LogP contribution in [-0.2, 0) is 0 Å². The van der Waals surface area contributed by atoms with Crippen LogP contribution < -0.4 is 0 Å². The van der Waals surface area contributed by atoms with Gasteiger partial charge in [0.25, 0.3) is 0 Å². The molecule has 0 radical (unpaired) electrons. The monoisotopic (exact) mass is 381 g/mol. The maximum Gasteiger partial charge on any atom is 0.329 e. The Morgan fingerprint density at radius 2 is 1.95 bits per heavy atom. The van der Waals surface area contributed by atoms with Crippen LogP contribution in [0.4, 0.5) is 8.78 Å². The fourth-order valence-electron chi connectivity index (χ4n) is 2.01. The second kappa shape index (κ2) is 6.68. The summed E-state index contributed by atoms with van der Waals surface area (Å²) in [5, 5.41) is 6.58. The van der Waals surface area contributed by atoms with Gasteiger partial charge in [-0.2, -0.15) is 8.78 Å². The van der Waals surface area contributed by atoms with E-state index in [-0.39, 0.29) is 21.6 Å². The van der Waals surface area contributed by atoms with Gasteiger partial charge in [-0.3, -0.25) is 0 Å². The molecule has 2 rings (SSSR count). The van der Waals surface area contributed by atoms with Gasteiger partial charge in [0.15, 0.2) is 6.10 Å². The van der Waals surface area contributed by atoms with Gasteiger partial charge in [-0.25, -0.2) is 0 Å². The number of rotatable bonds is 3. The van der Waals surface area contributed by atoms with Crippen LogP contribution in [-0.4, -0.2) is 32.7 Å². The molecule has 1 heterocycles. The highest BCUT2D eigenvalue weighted by molar-refractivity contribution is 9.10. The summed E-state index contributed by atoms with van der Waals surface area (Å²) < 4.78 is 28.9. The van der Waals surface area contributed by atoms with Crippen LogP contribution in [0.2, 0.25) is 0 Å². The van der Waals surface area contributed by atoms with Crippen molar-refractivity contribution in [2.45, 2.75) is 24.2 Å². The zero-order chi connectivity index (χ0) is 14.8. The molecule has 1 saturated heterocycles. The second-order valence-corrected chi connectivity index (χ2v) is 7.18. The lowest BCUT2D eigenvalue weighted by Gasteiger charge is -2.26. The highest BCUT2D eigenvalue weighted by Crippen LogP contribution is 2.44. The highest BCUT2D eigenvalue weighted by Gasteiger charge is 2.43. The van der Waals surface area contributed by atoms with Crippen LogP contribution in [0.5, 0.6) is 0 Å². The molecular weight excluding hydrogens is 368 g/mol. The van der Waals surface area contributed by atoms with E-state index >= 15 is 0 Å². The van der Waals surface area contributed by atoms with Crippen molar-refractivity contribution in [1.82, 2.24) is 4.90 Å². The number of aliphatic hydroxyl groups excluding tert-OH is 1. The van der Waals surface area contributed by atoms with E-state index in [1.807, 2.05) is 0 Å². The number of thioether (sulfide) groups is 1. The van der Waals surface area contributed by atoms with Gasteiger partial charge in [-0.1, -0.05) is 46.3 Å². The van der Waals surface area contributed by atoms with E-state index in [1.165, 1.54) is 6.07 Å². The first kappa shape index (κ1) is 16.1. The van der Waals surface area contributed by atoms with Crippen LogP contribution in [0.25, 0.3) is 0 Å². The van der Waals surface area contributed by atoms with Gasteiger partial charge in [0.2, 0.25) is 0 Å². The topological polar surface area (TPSA) is 23.5 Å². The number of nitrogens with zero attached hydrogens (tertiary/aromatic N) is 1. The minimum Gasteiger partial charge on any atom is -0.381 e. The van der Waals surface area contributed by atoms with Gasteiger partial charge in [0.1, 0.15) is 4.32 Å². The highest BCUT2D eigenvalue weighted by atomic mass is 79.9. The summed E-state index contributed by atoms with van der Waals surface area (Å²) >= 11 is 8.49. The van der Waals surface area contributed by atoms with Crippen LogP contribution in [0.3, 0.4) is 0 Å². The summed E-state index contributed by atoms with van der Waals surface area (Å²) in [7, 11) is 0. The van der Waals surface area contributed by atoms with Crippen LogP contribution >= 0.6 is 39.9 Å². The predicted octanol–water partition coefficient (Wildman–Crippen LogP) is 4.19. The van der Waals surface area contributed by atoms with Crippen molar-refractivity contribution in [2.75, 3.05) is 13.1 Å². The summed E-state index contributed by atoms with van der Waals surface area (Å²) in [6.45, 7) is 1.43. The van der Waals surface area contributed by atoms with Crippen molar-refractivity contribution in [3.05, 3.63) is 34.3 Å². The van der Waals surface area contributed by atoms with Gasteiger partial charge in [0.05, 0.1) is 0 Å². The Morgan fingerprint density at radius 1 is 1.35 bits per heavy atom. The maximum absolute atomic E-state index is 14.2. The number of alkyl halides is 2. The number of aliphatic hydroxyl groups is 1. The second-order valence-electron chi connectivity index (χ2n) is 4.55. The van der Waals surface area contributed by atoms with E-state index in [1.54, 1.807) is 23.1 Å². The van der Waals surface area contributed by atoms with E-state index in [2.05, 4.69) is 15.9 Å². The van der Waals surface area contributed by atoms with Crippen molar-refractivity contribution in [3.63, 3.8) is 0 Å². The van der Waals surface area contributed by atoms with E-state index in [0.29, 0.717) is 17.6 Å². The Balaban J connectivity index is 2.09. The zero-order valence-corrected chi connectivity index (χ0v) is 13.8. The molecule has 7 heteroatoms. The molecule has 1 atom stereocenters. The average Bonchev–Trinajstić information content (AvgIpc) is 2.92. The largest absolute Gasteiger partial charge is 0.381 e. The van der Waals surface area contributed by atoms with E-state index < -0.39 is 11.4 Å². The van der Waals surface area contributed by atoms with Gasteiger partial charge in [-0.05, 0) is 30.7 Å². The van der Waals surface area contributed by atoms with E-state index in [4.69, 9.17) is 12.2 Å². The first-order valence-electron chi connectivity index (χ1n) is 6.20. The van der Waals surface area contributed by atoms with Gasteiger partial charge >= 0.3 is 5.25 Å². The first-order chi connectivity index (χ1) is 9.42. The molecule has 110 valence electrons. The molecule has 0 amide bonds. The molecule has 1 aromatic rings. The van der Waals surface area contributed by atoms with Crippen molar-refractivity contribution in [1.29, 1.82) is 0 Å². The van der Waals surface area contributed by atoms with E-state index in [9.17, 15) is 13.9 Å². The van der Waals surface area contributed by atoms with Gasteiger partial charge in [-0.15, -0.1) is 0 Å². The molecule has 0 aliphatic carbocycles. The average molecular weight is 382 g/mol. The fourth-order valence-corrected chi connectivity index (χ4v) is 3.81. The molecule has 1 aliphatic rings. The van der Waals surface area contributed by atoms with Crippen molar-refractivity contribution < 1.29 is 13.9 Å². The SMILES string of the molecule is OC(c1ccccc1Br)C(F)(F)SC(=S)N1CCCC1. The Hall–Kier alpha value is -0.240. The fraction of sp³-hybridized carbons (Fsp3) is 0.462. The predicted molar refractivity (Wildman–Crippen MR) is 85.0 cm³/mol. The lowest BCUT2D eigenvalue weighted by molar-refractivity contribution is -0.0351. The summed E-state index contributed by atoms with van der Waals surface area (Å²) in [6.07, 6.45) is 0.0432. The third-order valence-corrected chi connectivity index (χ3v) is 5.26. The molecule has 1 unspecified atom stereocenters. The molecular formula is C13H14BrF2NOS2. The Labute approximate surface area is 134 Å². The minimum atomic E-state index is -3.36. The number of likely N-dealkylation sites (tertiary alicyclic amines) is 1. The maximum atomic E-state index is 14.2. The molecule has 1 N–H and O–H groups in total. The molecule has 0 spiro atoms. The van der Waals surface area contributed by atoms with Crippen molar-refractivity contribution in [2.24, 2.45) is 0 Å². The molecule has 0 saturated carbocycles. The van der Waals surface area contributed by atoms with Gasteiger partial charge < -0.3 is 10.0 Å². The van der Waals surface area contributed by atoms with Crippen molar-refractivity contribution in [3.8, 4) is 0 Å². The molecule has 0 aromatic heterocycles. The lowest BCUT2D eigenvalue weighted by Crippen LogP contribution is -2.30. The number of halogens is 3. The van der Waals surface area contributed by atoms with Crippen molar-refractivity contribution >= 4 is 44.2 Å². The summed E-state index contributed by atoms with van der Waals surface area (Å²) in [5.41, 5.74) is 0.161. The van der Waals surface area contributed by atoms with E-state index in [0.717, 1.165) is 12.8 Å². The quantitative estimate of drug-likeness (QED) is 0.792. The standard InChI is InChI=1S/C13H14BrF2NOS2/c14-10-6-2-1-5-9(10)11(18)13(15,16)20-12(19)17-7-3-4-8-17/h1-2,5-6,11,18H,3-4,7-8H2. The van der Waals surface area contributed by atoms with Crippen LogP contribution in [0.1, 0.15) is 24.5 Å². The summed E-state index contributed by atoms with van der Waals surface area (Å²) in [5.74, 6) is 0. The number of hydrogen-bond donors (Lipinski definition) is 1. The third-order valence-electron chi connectivity index (χ3n) is 3.11. The summed E-state index contributed by atoms with van der Waals surface area (Å²) in [4.78, 5) is 1.76. The zero-order valence-electron chi connectivity index (χ0n) is 10.6. The normalized spacial score (nSPS) is 17.3. The Morgan fingerprint density at radius 3 is 2.55 bits per heavy atom. The van der Waals surface area contributed by atoms with Crippen LogP contribution in [0.15, 0.2) is 28.7 Å². The third kappa shape index (κ3) is 3.69. The van der Waals surface area contributed by atoms with Crippen LogP contribution in [0, 0.1) is 0 Å². The minimum absolute atomic E-state index is 0.151. The number of hydrogen-bond acceptors (Lipinski definition) is 3. The lowest BCUT2D eigenvalue weighted by atomic mass is 10.1. The Bertz CT molecular complexity index is 495. The molecule has 1 aliphatic heterocycles. The van der Waals surface area contributed by atoms with Gasteiger partial charge in [0, 0.05) is 23.1 Å². The number of thiocarbonyl (C=S) groups is 1.